The van der Waals surface area contributed by atoms with Gasteiger partial charge in [0, 0.05) is 32.7 Å². The van der Waals surface area contributed by atoms with Crippen molar-refractivity contribution in [3.05, 3.63) is 29.3 Å². The Bertz CT molecular complexity index is 448. The molecular formula is C13H16Cl2N2O2. The van der Waals surface area contributed by atoms with Crippen molar-refractivity contribution in [1.29, 1.82) is 0 Å². The van der Waals surface area contributed by atoms with Crippen LogP contribution in [0.4, 0.5) is 5.69 Å². The van der Waals surface area contributed by atoms with E-state index in [1.165, 1.54) is 0 Å². The van der Waals surface area contributed by atoms with Gasteiger partial charge in [0.15, 0.2) is 0 Å². The minimum absolute atomic E-state index is 0.382. The molecule has 1 saturated heterocycles. The number of rotatable bonds is 4. The fourth-order valence-corrected chi connectivity index (χ4v) is 2.63. The predicted octanol–water partition coefficient (Wildman–Crippen LogP) is 2.15. The fraction of sp³-hybridized carbons (Fsp3) is 0.462. The number of alkyl halides is 1. The molecule has 1 heterocycles. The second-order valence-corrected chi connectivity index (χ2v) is 5.48. The Morgan fingerprint density at radius 3 is 2.47 bits per heavy atom. The standard InChI is InChI=1S/C13H16Cl2N2O2/c14-10-3-1-2-4-12(10)17-7-5-16(6-8-17)9-11(15)13(18)19/h1-4,11H,5-9H2,(H,18,19). The third-order valence-corrected chi connectivity index (χ3v) is 3.90. The van der Waals surface area contributed by atoms with Crippen LogP contribution in [0.5, 0.6) is 0 Å². The lowest BCUT2D eigenvalue weighted by Gasteiger charge is -2.36. The van der Waals surface area contributed by atoms with E-state index in [0.717, 1.165) is 36.9 Å². The van der Waals surface area contributed by atoms with Gasteiger partial charge in [0.1, 0.15) is 5.38 Å². The second-order valence-electron chi connectivity index (χ2n) is 4.54. The van der Waals surface area contributed by atoms with Gasteiger partial charge in [-0.25, -0.2) is 0 Å². The second kappa shape index (κ2) is 6.46. The van der Waals surface area contributed by atoms with Crippen molar-refractivity contribution in [2.75, 3.05) is 37.6 Å². The summed E-state index contributed by atoms with van der Waals surface area (Å²) < 4.78 is 0. The van der Waals surface area contributed by atoms with Gasteiger partial charge in [0.25, 0.3) is 0 Å². The van der Waals surface area contributed by atoms with Gasteiger partial charge in [0.05, 0.1) is 10.7 Å². The van der Waals surface area contributed by atoms with E-state index in [-0.39, 0.29) is 0 Å². The monoisotopic (exact) mass is 302 g/mol. The van der Waals surface area contributed by atoms with Crippen molar-refractivity contribution in [2.45, 2.75) is 5.38 Å². The number of piperazine rings is 1. The van der Waals surface area contributed by atoms with E-state index in [1.54, 1.807) is 0 Å². The third-order valence-electron chi connectivity index (χ3n) is 3.25. The van der Waals surface area contributed by atoms with Crippen LogP contribution < -0.4 is 4.90 Å². The van der Waals surface area contributed by atoms with Crippen LogP contribution in [0, 0.1) is 0 Å². The molecule has 104 valence electrons. The first-order valence-electron chi connectivity index (χ1n) is 6.16. The summed E-state index contributed by atoms with van der Waals surface area (Å²) in [5.74, 6) is -0.963. The van der Waals surface area contributed by atoms with Crippen molar-refractivity contribution in [1.82, 2.24) is 4.90 Å². The van der Waals surface area contributed by atoms with Gasteiger partial charge < -0.3 is 10.0 Å². The third kappa shape index (κ3) is 3.75. The zero-order chi connectivity index (χ0) is 13.8. The molecule has 2 rings (SSSR count). The van der Waals surface area contributed by atoms with Gasteiger partial charge in [0.2, 0.25) is 0 Å². The molecule has 0 saturated carbocycles. The molecule has 0 spiro atoms. The SMILES string of the molecule is O=C(O)C(Cl)CN1CCN(c2ccccc2Cl)CC1. The zero-order valence-electron chi connectivity index (χ0n) is 10.4. The number of para-hydroxylation sites is 1. The van der Waals surface area contributed by atoms with Gasteiger partial charge in [-0.1, -0.05) is 23.7 Å². The normalized spacial score (nSPS) is 18.3. The van der Waals surface area contributed by atoms with E-state index in [9.17, 15) is 4.79 Å². The van der Waals surface area contributed by atoms with Crippen molar-refractivity contribution in [2.24, 2.45) is 0 Å². The number of carboxylic acid groups (broad SMARTS) is 1. The lowest BCUT2D eigenvalue weighted by molar-refractivity contribution is -0.137. The Hall–Kier alpha value is -0.970. The highest BCUT2D eigenvalue weighted by Crippen LogP contribution is 2.26. The maximum atomic E-state index is 10.7. The maximum Gasteiger partial charge on any atom is 0.322 e. The lowest BCUT2D eigenvalue weighted by atomic mass is 10.2. The first-order chi connectivity index (χ1) is 9.08. The number of nitrogens with zero attached hydrogens (tertiary/aromatic N) is 2. The molecule has 1 aliphatic heterocycles. The molecule has 1 aromatic carbocycles. The van der Waals surface area contributed by atoms with Crippen LogP contribution in [0.15, 0.2) is 24.3 Å². The quantitative estimate of drug-likeness (QED) is 0.866. The highest BCUT2D eigenvalue weighted by Gasteiger charge is 2.23. The Morgan fingerprint density at radius 1 is 1.26 bits per heavy atom. The Balaban J connectivity index is 1.89. The van der Waals surface area contributed by atoms with Gasteiger partial charge in [-0.05, 0) is 12.1 Å². The number of carbonyl (C=O) groups is 1. The van der Waals surface area contributed by atoms with Crippen molar-refractivity contribution in [3.8, 4) is 0 Å². The molecular weight excluding hydrogens is 287 g/mol. The highest BCUT2D eigenvalue weighted by molar-refractivity contribution is 6.33. The number of anilines is 1. The predicted molar refractivity (Wildman–Crippen MR) is 77.4 cm³/mol. The van der Waals surface area contributed by atoms with E-state index >= 15 is 0 Å². The summed E-state index contributed by atoms with van der Waals surface area (Å²) in [5, 5.41) is 8.70. The van der Waals surface area contributed by atoms with Gasteiger partial charge in [-0.2, -0.15) is 0 Å². The fourth-order valence-electron chi connectivity index (χ4n) is 2.18. The first kappa shape index (κ1) is 14.4. The van der Waals surface area contributed by atoms with Crippen molar-refractivity contribution < 1.29 is 9.90 Å². The average molecular weight is 303 g/mol. The van der Waals surface area contributed by atoms with Crippen molar-refractivity contribution >= 4 is 34.9 Å². The summed E-state index contributed by atoms with van der Waals surface area (Å²) >= 11 is 11.9. The molecule has 0 aromatic heterocycles. The topological polar surface area (TPSA) is 43.8 Å². The van der Waals surface area contributed by atoms with Crippen LogP contribution in [0.3, 0.4) is 0 Å². The molecule has 1 fully saturated rings. The number of hydrogen-bond donors (Lipinski definition) is 1. The Labute approximate surface area is 122 Å². The van der Waals surface area contributed by atoms with Crippen LogP contribution >= 0.6 is 23.2 Å². The van der Waals surface area contributed by atoms with Crippen LogP contribution in [0.1, 0.15) is 0 Å². The lowest BCUT2D eigenvalue weighted by Crippen LogP contribution is -2.48. The van der Waals surface area contributed by atoms with Crippen LogP contribution in [0.2, 0.25) is 5.02 Å². The maximum absolute atomic E-state index is 10.7. The van der Waals surface area contributed by atoms with E-state index < -0.39 is 11.3 Å². The minimum atomic E-state index is -0.963. The molecule has 0 bridgehead atoms. The van der Waals surface area contributed by atoms with E-state index in [0.29, 0.717) is 6.54 Å². The molecule has 1 aliphatic rings. The molecule has 0 amide bonds. The largest absolute Gasteiger partial charge is 0.480 e. The molecule has 0 aliphatic carbocycles. The van der Waals surface area contributed by atoms with Crippen LogP contribution in [0.25, 0.3) is 0 Å². The number of aliphatic carboxylic acids is 1. The summed E-state index contributed by atoms with van der Waals surface area (Å²) in [6.45, 7) is 3.62. The number of carboxylic acids is 1. The zero-order valence-corrected chi connectivity index (χ0v) is 11.9. The van der Waals surface area contributed by atoms with Crippen LogP contribution in [-0.2, 0) is 4.79 Å². The first-order valence-corrected chi connectivity index (χ1v) is 6.98. The summed E-state index contributed by atoms with van der Waals surface area (Å²) in [5.41, 5.74) is 1.03. The number of halogens is 2. The highest BCUT2D eigenvalue weighted by atomic mass is 35.5. The van der Waals surface area contributed by atoms with E-state index in [1.807, 2.05) is 24.3 Å². The molecule has 4 nitrogen and oxygen atoms in total. The number of benzene rings is 1. The van der Waals surface area contributed by atoms with Crippen LogP contribution in [-0.4, -0.2) is 54.1 Å². The smallest absolute Gasteiger partial charge is 0.322 e. The molecule has 19 heavy (non-hydrogen) atoms. The molecule has 6 heteroatoms. The summed E-state index contributed by atoms with van der Waals surface area (Å²) in [6, 6.07) is 7.75. The molecule has 1 aromatic rings. The Morgan fingerprint density at radius 2 is 1.89 bits per heavy atom. The minimum Gasteiger partial charge on any atom is -0.480 e. The molecule has 0 radical (unpaired) electrons. The van der Waals surface area contributed by atoms with E-state index in [2.05, 4.69) is 9.80 Å². The molecule has 1 atom stereocenters. The number of hydrogen-bond acceptors (Lipinski definition) is 3. The Kier molecular flexibility index (Phi) is 4.91. The summed E-state index contributed by atoms with van der Waals surface area (Å²) in [6.07, 6.45) is 0. The van der Waals surface area contributed by atoms with E-state index in [4.69, 9.17) is 28.3 Å². The van der Waals surface area contributed by atoms with Gasteiger partial charge >= 0.3 is 5.97 Å². The van der Waals surface area contributed by atoms with Gasteiger partial charge in [-0.15, -0.1) is 11.6 Å². The summed E-state index contributed by atoms with van der Waals surface area (Å²) in [4.78, 5) is 15.0. The molecule has 1 unspecified atom stereocenters. The summed E-state index contributed by atoms with van der Waals surface area (Å²) in [7, 11) is 0. The van der Waals surface area contributed by atoms with Gasteiger partial charge in [-0.3, -0.25) is 9.69 Å². The van der Waals surface area contributed by atoms with Crippen molar-refractivity contribution in [3.63, 3.8) is 0 Å². The molecule has 1 N–H and O–H groups in total. The average Bonchev–Trinajstić information content (AvgIpc) is 2.40.